The van der Waals surface area contributed by atoms with Gasteiger partial charge in [-0.15, -0.1) is 0 Å². The van der Waals surface area contributed by atoms with E-state index in [0.29, 0.717) is 30.2 Å². The van der Waals surface area contributed by atoms with Crippen molar-refractivity contribution in [3.05, 3.63) is 23.7 Å². The van der Waals surface area contributed by atoms with Crippen molar-refractivity contribution in [3.63, 3.8) is 0 Å². The normalized spacial score (nSPS) is 26.1. The summed E-state index contributed by atoms with van der Waals surface area (Å²) in [6.07, 6.45) is 11.3. The second-order valence-corrected chi connectivity index (χ2v) is 8.97. The van der Waals surface area contributed by atoms with Gasteiger partial charge in [-0.1, -0.05) is 24.4 Å². The Bertz CT molecular complexity index is 843. The van der Waals surface area contributed by atoms with Crippen molar-refractivity contribution in [1.82, 2.24) is 20.4 Å². The molecule has 0 radical (unpaired) electrons. The molecule has 5 rings (SSSR count). The minimum atomic E-state index is -0.409. The number of β-amino-alcohol motifs (C(OH)–C–C–N with tert-alkyl or cyclic N) is 1. The molecule has 29 heavy (non-hydrogen) atoms. The molecule has 2 saturated carbocycles. The minimum absolute atomic E-state index is 0.161. The van der Waals surface area contributed by atoms with Crippen LogP contribution in [-0.2, 0) is 0 Å². The predicted octanol–water partition coefficient (Wildman–Crippen LogP) is 3.18. The lowest BCUT2D eigenvalue weighted by Crippen LogP contribution is -2.55. The van der Waals surface area contributed by atoms with Gasteiger partial charge in [0.15, 0.2) is 5.82 Å². The second kappa shape index (κ2) is 8.03. The maximum Gasteiger partial charge on any atom is 0.261 e. The molecule has 2 aliphatic carbocycles. The van der Waals surface area contributed by atoms with Crippen LogP contribution in [0.15, 0.2) is 16.8 Å². The first-order valence-electron chi connectivity index (χ1n) is 11.2. The van der Waals surface area contributed by atoms with Crippen LogP contribution < -0.4 is 10.2 Å². The van der Waals surface area contributed by atoms with Crippen LogP contribution in [0.3, 0.4) is 0 Å². The van der Waals surface area contributed by atoms with Crippen LogP contribution in [0.4, 0.5) is 5.82 Å². The van der Waals surface area contributed by atoms with E-state index in [1.165, 1.54) is 50.5 Å². The van der Waals surface area contributed by atoms with Crippen LogP contribution in [0.1, 0.15) is 68.7 Å². The fraction of sp³-hybridized carbons (Fsp3) is 0.682. The molecule has 3 heterocycles. The molecule has 1 aliphatic heterocycles. The smallest absolute Gasteiger partial charge is 0.261 e. The Labute approximate surface area is 171 Å². The number of nitrogens with one attached hydrogen (secondary N) is 1. The summed E-state index contributed by atoms with van der Waals surface area (Å²) in [6.45, 7) is 3.26. The average molecular weight is 398 g/mol. The summed E-state index contributed by atoms with van der Waals surface area (Å²) in [5.41, 5.74) is 2.13. The Balaban J connectivity index is 1.34. The molecule has 7 heteroatoms. The van der Waals surface area contributed by atoms with Crippen LogP contribution in [0.5, 0.6) is 0 Å². The number of hydrogen-bond acceptors (Lipinski definition) is 7. The third-order valence-electron chi connectivity index (χ3n) is 6.63. The van der Waals surface area contributed by atoms with Crippen molar-refractivity contribution >= 4 is 5.82 Å². The molecule has 0 spiro atoms. The summed E-state index contributed by atoms with van der Waals surface area (Å²) in [5.74, 6) is 2.59. The molecule has 156 valence electrons. The molecule has 3 aliphatic rings. The van der Waals surface area contributed by atoms with Gasteiger partial charge in [0, 0.05) is 31.4 Å². The van der Waals surface area contributed by atoms with Gasteiger partial charge in [-0.2, -0.15) is 4.98 Å². The number of pyridine rings is 1. The fourth-order valence-corrected chi connectivity index (χ4v) is 4.82. The molecule has 2 atom stereocenters. The Hall–Kier alpha value is -1.99. The summed E-state index contributed by atoms with van der Waals surface area (Å²) < 4.78 is 5.48. The van der Waals surface area contributed by atoms with Gasteiger partial charge < -0.3 is 19.8 Å². The number of anilines is 1. The van der Waals surface area contributed by atoms with Crippen molar-refractivity contribution in [1.29, 1.82) is 0 Å². The zero-order chi connectivity index (χ0) is 19.8. The summed E-state index contributed by atoms with van der Waals surface area (Å²) >= 11 is 0. The Kier molecular flexibility index (Phi) is 5.26. The third-order valence-corrected chi connectivity index (χ3v) is 6.63. The monoisotopic (exact) mass is 397 g/mol. The summed E-state index contributed by atoms with van der Waals surface area (Å²) in [4.78, 5) is 11.4. The zero-order valence-electron chi connectivity index (χ0n) is 17.2. The topological polar surface area (TPSA) is 87.3 Å². The molecule has 0 amide bonds. The maximum absolute atomic E-state index is 10.9. The van der Waals surface area contributed by atoms with Crippen LogP contribution in [0, 0.1) is 6.92 Å². The van der Waals surface area contributed by atoms with E-state index in [4.69, 9.17) is 9.51 Å². The van der Waals surface area contributed by atoms with Gasteiger partial charge in [0.1, 0.15) is 5.82 Å². The molecule has 2 aromatic rings. The van der Waals surface area contributed by atoms with Crippen molar-refractivity contribution < 1.29 is 9.63 Å². The summed E-state index contributed by atoms with van der Waals surface area (Å²) in [7, 11) is 0. The van der Waals surface area contributed by atoms with Crippen LogP contribution in [0.2, 0.25) is 0 Å². The van der Waals surface area contributed by atoms with E-state index in [2.05, 4.69) is 26.4 Å². The van der Waals surface area contributed by atoms with E-state index in [-0.39, 0.29) is 6.04 Å². The molecule has 3 fully saturated rings. The number of aliphatic hydroxyl groups is 1. The van der Waals surface area contributed by atoms with Gasteiger partial charge >= 0.3 is 0 Å². The first-order chi connectivity index (χ1) is 14.2. The van der Waals surface area contributed by atoms with Crippen LogP contribution in [-0.4, -0.2) is 51.5 Å². The van der Waals surface area contributed by atoms with Crippen molar-refractivity contribution in [2.24, 2.45) is 0 Å². The number of aromatic nitrogens is 3. The molecule has 2 aromatic heterocycles. The van der Waals surface area contributed by atoms with Gasteiger partial charge in [-0.05, 0) is 56.6 Å². The van der Waals surface area contributed by atoms with Gasteiger partial charge in [0.25, 0.3) is 5.89 Å². The van der Waals surface area contributed by atoms with Gasteiger partial charge in [-0.25, -0.2) is 4.98 Å². The lowest BCUT2D eigenvalue weighted by atomic mass is 9.92. The Morgan fingerprint density at radius 3 is 2.66 bits per heavy atom. The minimum Gasteiger partial charge on any atom is -0.390 e. The van der Waals surface area contributed by atoms with Crippen molar-refractivity contribution in [2.75, 3.05) is 18.0 Å². The summed E-state index contributed by atoms with van der Waals surface area (Å²) in [6, 6.07) is 2.88. The first-order valence-corrected chi connectivity index (χ1v) is 11.2. The number of piperidine rings is 1. The van der Waals surface area contributed by atoms with Gasteiger partial charge in [-0.3, -0.25) is 0 Å². The van der Waals surface area contributed by atoms with Crippen LogP contribution in [0.25, 0.3) is 11.5 Å². The van der Waals surface area contributed by atoms with Gasteiger partial charge in [0.05, 0.1) is 11.7 Å². The highest BCUT2D eigenvalue weighted by Gasteiger charge is 2.33. The lowest BCUT2D eigenvalue weighted by molar-refractivity contribution is 0.103. The number of rotatable bonds is 5. The highest BCUT2D eigenvalue weighted by molar-refractivity contribution is 5.71. The highest BCUT2D eigenvalue weighted by atomic mass is 16.5. The van der Waals surface area contributed by atoms with E-state index in [1.54, 1.807) is 0 Å². The molecular formula is C22H31N5O2. The summed E-state index contributed by atoms with van der Waals surface area (Å²) in [5, 5.41) is 18.6. The average Bonchev–Trinajstić information content (AvgIpc) is 3.50. The van der Waals surface area contributed by atoms with Gasteiger partial charge in [0.2, 0.25) is 0 Å². The van der Waals surface area contributed by atoms with E-state index in [0.717, 1.165) is 24.3 Å². The fourth-order valence-electron chi connectivity index (χ4n) is 4.82. The number of aliphatic hydroxyl groups excluding tert-OH is 1. The molecule has 1 unspecified atom stereocenters. The van der Waals surface area contributed by atoms with E-state index in [1.807, 2.05) is 13.1 Å². The third kappa shape index (κ3) is 4.16. The number of nitrogens with zero attached hydrogens (tertiary/aromatic N) is 4. The Morgan fingerprint density at radius 1 is 1.14 bits per heavy atom. The van der Waals surface area contributed by atoms with E-state index in [9.17, 15) is 5.11 Å². The van der Waals surface area contributed by atoms with Crippen molar-refractivity contribution in [2.45, 2.75) is 82.4 Å². The standard InChI is InChI=1S/C22H31N5O2/c1-14-24-22(29-26-14)18-11-16(15-7-8-15)12-23-21(18)27-10-9-19(20(28)13-27)25-17-5-3-2-4-6-17/h11-12,15,17,19-20,25,28H,2-10,13H2,1H3/t19?,20-/m1/s1. The zero-order valence-corrected chi connectivity index (χ0v) is 17.2. The number of aryl methyl sites for hydroxylation is 1. The highest BCUT2D eigenvalue weighted by Crippen LogP contribution is 2.42. The Morgan fingerprint density at radius 2 is 1.97 bits per heavy atom. The van der Waals surface area contributed by atoms with E-state index < -0.39 is 6.10 Å². The lowest BCUT2D eigenvalue weighted by Gasteiger charge is -2.39. The second-order valence-electron chi connectivity index (χ2n) is 8.97. The first kappa shape index (κ1) is 19.0. The predicted molar refractivity (Wildman–Crippen MR) is 111 cm³/mol. The molecular weight excluding hydrogens is 366 g/mol. The molecule has 0 bridgehead atoms. The molecule has 0 aromatic carbocycles. The van der Waals surface area contributed by atoms with Crippen LogP contribution >= 0.6 is 0 Å². The van der Waals surface area contributed by atoms with E-state index >= 15 is 0 Å². The number of hydrogen-bond donors (Lipinski definition) is 2. The SMILES string of the molecule is Cc1noc(-c2cc(C3CC3)cnc2N2CCC(NC3CCCCC3)[C@H](O)C2)n1. The van der Waals surface area contributed by atoms with Crippen molar-refractivity contribution in [3.8, 4) is 11.5 Å². The quantitative estimate of drug-likeness (QED) is 0.801. The largest absolute Gasteiger partial charge is 0.390 e. The molecule has 1 saturated heterocycles. The molecule has 7 nitrogen and oxygen atoms in total. The molecule has 2 N–H and O–H groups in total. The maximum atomic E-state index is 10.9.